The molecule has 1 aromatic rings. The second kappa shape index (κ2) is 6.06. The lowest BCUT2D eigenvalue weighted by atomic mass is 10.2. The predicted molar refractivity (Wildman–Crippen MR) is 81.3 cm³/mol. The van der Waals surface area contributed by atoms with Crippen molar-refractivity contribution in [1.29, 1.82) is 0 Å². The highest BCUT2D eigenvalue weighted by Crippen LogP contribution is 2.30. The summed E-state index contributed by atoms with van der Waals surface area (Å²) in [6.07, 6.45) is 2.88. The lowest BCUT2D eigenvalue weighted by Gasteiger charge is -2.22. The molecule has 112 valence electrons. The fraction of sp³-hybridized carbons (Fsp3) is 0.500. The quantitative estimate of drug-likeness (QED) is 0.860. The van der Waals surface area contributed by atoms with Gasteiger partial charge in [0.15, 0.2) is 0 Å². The van der Waals surface area contributed by atoms with Gasteiger partial charge in [-0.05, 0) is 37.0 Å². The van der Waals surface area contributed by atoms with Crippen molar-refractivity contribution >= 4 is 23.4 Å². The van der Waals surface area contributed by atoms with E-state index >= 15 is 0 Å². The molecule has 1 saturated carbocycles. The minimum Gasteiger partial charge on any atom is -0.341 e. The maximum Gasteiger partial charge on any atom is 0.253 e. The number of rotatable bonds is 3. The van der Waals surface area contributed by atoms with E-state index in [-0.39, 0.29) is 11.8 Å². The van der Waals surface area contributed by atoms with Crippen molar-refractivity contribution in [3.8, 4) is 0 Å². The number of hydrogen-bond donors (Lipinski definition) is 0. The molecule has 5 heteroatoms. The summed E-state index contributed by atoms with van der Waals surface area (Å²) in [4.78, 5) is 28.3. The molecule has 0 spiro atoms. The Morgan fingerprint density at radius 2 is 2.05 bits per heavy atom. The zero-order valence-electron chi connectivity index (χ0n) is 11.9. The first-order chi connectivity index (χ1) is 10.1. The van der Waals surface area contributed by atoms with E-state index < -0.39 is 0 Å². The first kappa shape index (κ1) is 14.4. The summed E-state index contributed by atoms with van der Waals surface area (Å²) in [7, 11) is 0. The average Bonchev–Trinajstić information content (AvgIpc) is 3.29. The van der Waals surface area contributed by atoms with Crippen LogP contribution in [0, 0.1) is 5.92 Å². The van der Waals surface area contributed by atoms with E-state index in [1.807, 2.05) is 4.90 Å². The Bertz CT molecular complexity index is 557. The maximum absolute atomic E-state index is 12.5. The molecule has 0 aromatic heterocycles. The van der Waals surface area contributed by atoms with Crippen LogP contribution in [0.15, 0.2) is 24.3 Å². The molecule has 2 aliphatic rings. The number of hydrogen-bond acceptors (Lipinski definition) is 2. The Balaban J connectivity index is 1.66. The van der Waals surface area contributed by atoms with Gasteiger partial charge in [0.1, 0.15) is 0 Å². The third-order valence-electron chi connectivity index (χ3n) is 4.12. The van der Waals surface area contributed by atoms with Crippen molar-refractivity contribution in [2.45, 2.75) is 19.3 Å². The smallest absolute Gasteiger partial charge is 0.253 e. The number of nitrogens with zero attached hydrogens (tertiary/aromatic N) is 2. The Morgan fingerprint density at radius 1 is 1.24 bits per heavy atom. The van der Waals surface area contributed by atoms with Gasteiger partial charge in [0.2, 0.25) is 5.91 Å². The molecule has 1 aromatic carbocycles. The third-order valence-corrected chi connectivity index (χ3v) is 4.36. The van der Waals surface area contributed by atoms with Crippen LogP contribution in [0.25, 0.3) is 0 Å². The number of halogens is 1. The number of benzene rings is 1. The van der Waals surface area contributed by atoms with Crippen molar-refractivity contribution in [3.63, 3.8) is 0 Å². The van der Waals surface area contributed by atoms with Gasteiger partial charge in [0, 0.05) is 43.2 Å². The molecule has 3 rings (SSSR count). The summed E-state index contributed by atoms with van der Waals surface area (Å²) < 4.78 is 0. The second-order valence-corrected chi connectivity index (χ2v) is 6.27. The molecule has 21 heavy (non-hydrogen) atoms. The van der Waals surface area contributed by atoms with Gasteiger partial charge in [-0.2, -0.15) is 0 Å². The van der Waals surface area contributed by atoms with Crippen molar-refractivity contribution in [1.82, 2.24) is 9.80 Å². The van der Waals surface area contributed by atoms with Crippen LogP contribution in [0.1, 0.15) is 29.6 Å². The average molecular weight is 307 g/mol. The predicted octanol–water partition coefficient (Wildman–Crippen LogP) is 2.42. The van der Waals surface area contributed by atoms with Crippen LogP contribution in [-0.4, -0.2) is 47.8 Å². The van der Waals surface area contributed by atoms with Gasteiger partial charge >= 0.3 is 0 Å². The Hall–Kier alpha value is -1.55. The standard InChI is InChI=1S/C16H19ClN2O2/c17-14-3-1-2-13(10-14)16(21)18-7-6-15(20)19(9-8-18)11-12-4-5-12/h1-3,10,12H,4-9,11H2. The number of carbonyl (C=O) groups excluding carboxylic acids is 2. The highest BCUT2D eigenvalue weighted by molar-refractivity contribution is 6.30. The lowest BCUT2D eigenvalue weighted by Crippen LogP contribution is -2.36. The minimum atomic E-state index is -0.0430. The molecule has 0 radical (unpaired) electrons. The van der Waals surface area contributed by atoms with Crippen molar-refractivity contribution in [2.24, 2.45) is 5.92 Å². The van der Waals surface area contributed by atoms with Crippen molar-refractivity contribution in [3.05, 3.63) is 34.9 Å². The molecule has 1 aliphatic heterocycles. The zero-order valence-corrected chi connectivity index (χ0v) is 12.7. The van der Waals surface area contributed by atoms with E-state index in [4.69, 9.17) is 11.6 Å². The fourth-order valence-electron chi connectivity index (χ4n) is 2.68. The van der Waals surface area contributed by atoms with Gasteiger partial charge < -0.3 is 9.80 Å². The molecule has 4 nitrogen and oxygen atoms in total. The highest BCUT2D eigenvalue weighted by atomic mass is 35.5. The van der Waals surface area contributed by atoms with Crippen LogP contribution in [-0.2, 0) is 4.79 Å². The van der Waals surface area contributed by atoms with Crippen LogP contribution in [0.2, 0.25) is 5.02 Å². The molecular weight excluding hydrogens is 288 g/mol. The normalized spacial score (nSPS) is 19.6. The van der Waals surface area contributed by atoms with E-state index in [9.17, 15) is 9.59 Å². The number of carbonyl (C=O) groups is 2. The van der Waals surface area contributed by atoms with Crippen LogP contribution in [0.3, 0.4) is 0 Å². The third kappa shape index (κ3) is 3.56. The van der Waals surface area contributed by atoms with Gasteiger partial charge in [0.25, 0.3) is 5.91 Å². The monoisotopic (exact) mass is 306 g/mol. The molecule has 1 heterocycles. The summed E-state index contributed by atoms with van der Waals surface area (Å²) in [6.45, 7) is 2.59. The first-order valence-corrected chi connectivity index (χ1v) is 7.84. The summed E-state index contributed by atoms with van der Waals surface area (Å²) >= 11 is 5.94. The SMILES string of the molecule is O=C1CCN(C(=O)c2cccc(Cl)c2)CCN1CC1CC1. The van der Waals surface area contributed by atoms with Crippen LogP contribution in [0.5, 0.6) is 0 Å². The van der Waals surface area contributed by atoms with Gasteiger partial charge in [-0.1, -0.05) is 17.7 Å². The molecule has 2 amide bonds. The van der Waals surface area contributed by atoms with E-state index in [2.05, 4.69) is 0 Å². The Labute approximate surface area is 129 Å². The van der Waals surface area contributed by atoms with E-state index in [1.165, 1.54) is 12.8 Å². The molecule has 2 fully saturated rings. The van der Waals surface area contributed by atoms with Crippen molar-refractivity contribution < 1.29 is 9.59 Å². The van der Waals surface area contributed by atoms with Gasteiger partial charge in [0.05, 0.1) is 0 Å². The zero-order chi connectivity index (χ0) is 14.8. The molecule has 0 bridgehead atoms. The van der Waals surface area contributed by atoms with E-state index in [1.54, 1.807) is 29.2 Å². The van der Waals surface area contributed by atoms with Gasteiger partial charge in [-0.25, -0.2) is 0 Å². The van der Waals surface area contributed by atoms with E-state index in [0.29, 0.717) is 42.6 Å². The molecule has 0 N–H and O–H groups in total. The maximum atomic E-state index is 12.5. The van der Waals surface area contributed by atoms with Gasteiger partial charge in [-0.15, -0.1) is 0 Å². The largest absolute Gasteiger partial charge is 0.341 e. The molecule has 1 saturated heterocycles. The van der Waals surface area contributed by atoms with E-state index in [0.717, 1.165) is 6.54 Å². The molecular formula is C16H19ClN2O2. The van der Waals surface area contributed by atoms with Crippen molar-refractivity contribution in [2.75, 3.05) is 26.2 Å². The van der Waals surface area contributed by atoms with Crippen LogP contribution in [0.4, 0.5) is 0 Å². The summed E-state index contributed by atoms with van der Waals surface area (Å²) in [5.74, 6) is 0.811. The molecule has 1 aliphatic carbocycles. The lowest BCUT2D eigenvalue weighted by molar-refractivity contribution is -0.130. The van der Waals surface area contributed by atoms with Gasteiger partial charge in [-0.3, -0.25) is 9.59 Å². The van der Waals surface area contributed by atoms with Crippen LogP contribution >= 0.6 is 11.6 Å². The second-order valence-electron chi connectivity index (χ2n) is 5.84. The first-order valence-electron chi connectivity index (χ1n) is 7.46. The highest BCUT2D eigenvalue weighted by Gasteiger charge is 2.29. The fourth-order valence-corrected chi connectivity index (χ4v) is 2.87. The molecule has 0 unspecified atom stereocenters. The summed E-state index contributed by atoms with van der Waals surface area (Å²) in [5.41, 5.74) is 0.589. The number of amides is 2. The topological polar surface area (TPSA) is 40.6 Å². The summed E-state index contributed by atoms with van der Waals surface area (Å²) in [6, 6.07) is 6.97. The Kier molecular flexibility index (Phi) is 4.15. The molecule has 0 atom stereocenters. The van der Waals surface area contributed by atoms with Crippen LogP contribution < -0.4 is 0 Å². The Morgan fingerprint density at radius 3 is 2.76 bits per heavy atom. The summed E-state index contributed by atoms with van der Waals surface area (Å²) in [5, 5.41) is 0.558. The minimum absolute atomic E-state index is 0.0430.